The molecule has 0 aromatic carbocycles. The summed E-state index contributed by atoms with van der Waals surface area (Å²) in [6.07, 6.45) is 10.7. The maximum Gasteiger partial charge on any atom is 0.307 e. The van der Waals surface area contributed by atoms with Crippen molar-refractivity contribution >= 4 is 28.2 Å². The van der Waals surface area contributed by atoms with Gasteiger partial charge in [-0.05, 0) is 56.9 Å². The van der Waals surface area contributed by atoms with E-state index in [4.69, 9.17) is 4.74 Å². The lowest BCUT2D eigenvalue weighted by Gasteiger charge is -2.14. The molecule has 0 unspecified atom stereocenters. The van der Waals surface area contributed by atoms with Crippen LogP contribution >= 0.6 is 11.3 Å². The minimum absolute atomic E-state index is 0.218. The number of fused-ring (bicyclic) bond motifs is 1. The number of ether oxygens (including phenoxy) is 1. The summed E-state index contributed by atoms with van der Waals surface area (Å²) in [5.41, 5.74) is 1.66. The molecule has 1 amide bonds. The van der Waals surface area contributed by atoms with E-state index in [1.165, 1.54) is 22.6 Å². The third kappa shape index (κ3) is 4.34. The van der Waals surface area contributed by atoms with Gasteiger partial charge in [0, 0.05) is 4.88 Å². The molecule has 1 aromatic rings. The second-order valence-electron chi connectivity index (χ2n) is 6.97. The van der Waals surface area contributed by atoms with Crippen LogP contribution in [0.1, 0.15) is 61.5 Å². The van der Waals surface area contributed by atoms with Crippen molar-refractivity contribution in [3.63, 3.8) is 0 Å². The lowest BCUT2D eigenvalue weighted by atomic mass is 10.1. The SMILES string of the molecule is C[C@@H](OC(=O)C[C@@H]1C=CCC1)C(=O)Nc1sc2c(c1C#N)CCCCC2. The Balaban J connectivity index is 1.61. The fraction of sp³-hybridized carbons (Fsp3) is 0.550. The molecule has 1 N–H and O–H groups in total. The van der Waals surface area contributed by atoms with Gasteiger partial charge in [0.2, 0.25) is 0 Å². The van der Waals surface area contributed by atoms with Gasteiger partial charge in [0.25, 0.3) is 5.91 Å². The first-order valence-electron chi connectivity index (χ1n) is 9.30. The zero-order valence-corrected chi connectivity index (χ0v) is 15.9. The molecule has 6 heteroatoms. The average molecular weight is 372 g/mol. The number of anilines is 1. The van der Waals surface area contributed by atoms with Gasteiger partial charge in [-0.1, -0.05) is 18.6 Å². The number of rotatable bonds is 5. The molecule has 2 atom stereocenters. The maximum atomic E-state index is 12.4. The topological polar surface area (TPSA) is 79.2 Å². The molecular weight excluding hydrogens is 348 g/mol. The van der Waals surface area contributed by atoms with Crippen molar-refractivity contribution in [3.05, 3.63) is 28.2 Å². The predicted molar refractivity (Wildman–Crippen MR) is 101 cm³/mol. The van der Waals surface area contributed by atoms with Crippen LogP contribution in [0.3, 0.4) is 0 Å². The molecule has 0 saturated heterocycles. The predicted octanol–water partition coefficient (Wildman–Crippen LogP) is 4.12. The third-order valence-electron chi connectivity index (χ3n) is 4.99. The summed E-state index contributed by atoms with van der Waals surface area (Å²) < 4.78 is 5.28. The van der Waals surface area contributed by atoms with Crippen molar-refractivity contribution in [1.29, 1.82) is 5.26 Å². The van der Waals surface area contributed by atoms with E-state index in [0.29, 0.717) is 17.0 Å². The molecule has 138 valence electrons. The Kier molecular flexibility index (Phi) is 6.10. The van der Waals surface area contributed by atoms with Crippen LogP contribution < -0.4 is 5.32 Å². The number of carbonyl (C=O) groups is 2. The summed E-state index contributed by atoms with van der Waals surface area (Å²) in [5.74, 6) is -0.518. The smallest absolute Gasteiger partial charge is 0.307 e. The largest absolute Gasteiger partial charge is 0.453 e. The van der Waals surface area contributed by atoms with Gasteiger partial charge in [-0.15, -0.1) is 11.3 Å². The first kappa shape index (κ1) is 18.7. The average Bonchev–Trinajstić information content (AvgIpc) is 3.16. The van der Waals surface area contributed by atoms with Crippen molar-refractivity contribution in [2.45, 2.75) is 64.4 Å². The summed E-state index contributed by atoms with van der Waals surface area (Å²) in [6.45, 7) is 1.57. The van der Waals surface area contributed by atoms with Gasteiger partial charge in [0.15, 0.2) is 6.10 Å². The second-order valence-corrected chi connectivity index (χ2v) is 8.08. The van der Waals surface area contributed by atoms with Gasteiger partial charge < -0.3 is 10.1 Å². The summed E-state index contributed by atoms with van der Waals surface area (Å²) in [6, 6.07) is 2.25. The zero-order chi connectivity index (χ0) is 18.5. The lowest BCUT2D eigenvalue weighted by molar-refractivity contribution is -0.153. The first-order valence-corrected chi connectivity index (χ1v) is 10.1. The van der Waals surface area contributed by atoms with Gasteiger partial charge in [-0.25, -0.2) is 0 Å². The molecule has 1 heterocycles. The summed E-state index contributed by atoms with van der Waals surface area (Å²) in [5, 5.41) is 12.9. The second kappa shape index (κ2) is 8.50. The Bertz CT molecular complexity index is 760. The number of carbonyl (C=O) groups excluding carboxylic acids is 2. The molecule has 2 aliphatic rings. The number of esters is 1. The maximum absolute atomic E-state index is 12.4. The highest BCUT2D eigenvalue weighted by atomic mass is 32.1. The van der Waals surface area contributed by atoms with Gasteiger partial charge in [-0.2, -0.15) is 5.26 Å². The van der Waals surface area contributed by atoms with E-state index in [9.17, 15) is 14.9 Å². The van der Waals surface area contributed by atoms with E-state index in [0.717, 1.165) is 44.1 Å². The lowest BCUT2D eigenvalue weighted by Crippen LogP contribution is -2.30. The van der Waals surface area contributed by atoms with E-state index in [1.807, 2.05) is 6.08 Å². The minimum atomic E-state index is -0.874. The monoisotopic (exact) mass is 372 g/mol. The molecule has 0 bridgehead atoms. The van der Waals surface area contributed by atoms with E-state index in [1.54, 1.807) is 6.92 Å². The molecule has 5 nitrogen and oxygen atoms in total. The van der Waals surface area contributed by atoms with Gasteiger partial charge in [0.1, 0.15) is 11.1 Å². The summed E-state index contributed by atoms with van der Waals surface area (Å²) >= 11 is 1.49. The van der Waals surface area contributed by atoms with Gasteiger partial charge in [-0.3, -0.25) is 9.59 Å². The quantitative estimate of drug-likeness (QED) is 0.479. The van der Waals surface area contributed by atoms with Crippen LogP contribution in [0.5, 0.6) is 0 Å². The van der Waals surface area contributed by atoms with Crippen molar-refractivity contribution < 1.29 is 14.3 Å². The standard InChI is InChI=1S/C20H24N2O3S/c1-13(25-18(23)11-14-7-5-6-8-14)19(24)22-20-16(12-21)15-9-3-2-4-10-17(15)26-20/h5,7,13-14H,2-4,6,8-11H2,1H3,(H,22,24)/t13-,14-/m1/s1. The van der Waals surface area contributed by atoms with E-state index < -0.39 is 6.10 Å². The fourth-order valence-corrected chi connectivity index (χ4v) is 4.78. The highest BCUT2D eigenvalue weighted by Crippen LogP contribution is 2.37. The van der Waals surface area contributed by atoms with Crippen LogP contribution in [-0.2, 0) is 27.2 Å². The fourth-order valence-electron chi connectivity index (χ4n) is 3.54. The van der Waals surface area contributed by atoms with Crippen LogP contribution in [-0.4, -0.2) is 18.0 Å². The Morgan fingerprint density at radius 2 is 2.19 bits per heavy atom. The number of nitrogens with zero attached hydrogens (tertiary/aromatic N) is 1. The number of thiophene rings is 1. The number of aryl methyl sites for hydroxylation is 1. The Hall–Kier alpha value is -2.13. The molecule has 0 fully saturated rings. The number of hydrogen-bond donors (Lipinski definition) is 1. The number of amides is 1. The van der Waals surface area contributed by atoms with E-state index in [2.05, 4.69) is 17.5 Å². The van der Waals surface area contributed by atoms with Crippen molar-refractivity contribution in [2.24, 2.45) is 5.92 Å². The molecular formula is C20H24N2O3S. The third-order valence-corrected chi connectivity index (χ3v) is 6.20. The van der Waals surface area contributed by atoms with Crippen LogP contribution in [0.2, 0.25) is 0 Å². The number of allylic oxidation sites excluding steroid dienone is 2. The first-order chi connectivity index (χ1) is 12.6. The summed E-state index contributed by atoms with van der Waals surface area (Å²) in [4.78, 5) is 25.6. The molecule has 0 aliphatic heterocycles. The zero-order valence-electron chi connectivity index (χ0n) is 15.0. The van der Waals surface area contributed by atoms with Crippen LogP contribution in [0.4, 0.5) is 5.00 Å². The molecule has 0 radical (unpaired) electrons. The molecule has 2 aliphatic carbocycles. The van der Waals surface area contributed by atoms with E-state index in [-0.39, 0.29) is 17.8 Å². The molecule has 26 heavy (non-hydrogen) atoms. The van der Waals surface area contributed by atoms with E-state index >= 15 is 0 Å². The number of hydrogen-bond acceptors (Lipinski definition) is 5. The van der Waals surface area contributed by atoms with Crippen LogP contribution in [0.15, 0.2) is 12.2 Å². The molecule has 0 saturated carbocycles. The Labute approximate surface area is 158 Å². The Morgan fingerprint density at radius 3 is 2.92 bits per heavy atom. The van der Waals surface area contributed by atoms with Crippen molar-refractivity contribution in [1.82, 2.24) is 0 Å². The van der Waals surface area contributed by atoms with Crippen LogP contribution in [0, 0.1) is 17.2 Å². The van der Waals surface area contributed by atoms with Crippen molar-refractivity contribution in [3.8, 4) is 6.07 Å². The normalized spacial score (nSPS) is 19.9. The molecule has 3 rings (SSSR count). The molecule has 0 spiro atoms. The van der Waals surface area contributed by atoms with Crippen LogP contribution in [0.25, 0.3) is 0 Å². The van der Waals surface area contributed by atoms with Gasteiger partial charge >= 0.3 is 5.97 Å². The highest BCUT2D eigenvalue weighted by molar-refractivity contribution is 7.16. The molecule has 1 aromatic heterocycles. The van der Waals surface area contributed by atoms with Crippen molar-refractivity contribution in [2.75, 3.05) is 5.32 Å². The minimum Gasteiger partial charge on any atom is -0.453 e. The number of nitrogens with one attached hydrogen (secondary N) is 1. The Morgan fingerprint density at radius 1 is 1.38 bits per heavy atom. The van der Waals surface area contributed by atoms with Gasteiger partial charge in [0.05, 0.1) is 12.0 Å². The number of nitriles is 1. The summed E-state index contributed by atoms with van der Waals surface area (Å²) in [7, 11) is 0. The highest BCUT2D eigenvalue weighted by Gasteiger charge is 2.25.